The molecule has 1 aromatic carbocycles. The molecule has 104 valence electrons. The van der Waals surface area contributed by atoms with Crippen LogP contribution in [-0.2, 0) is 6.54 Å². The normalized spacial score (nSPS) is 10.3. The zero-order chi connectivity index (χ0) is 14.5. The predicted molar refractivity (Wildman–Crippen MR) is 76.1 cm³/mol. The number of carbonyl (C=O) groups excluding carboxylic acids is 1. The minimum atomic E-state index is -0.755. The second-order valence-electron chi connectivity index (χ2n) is 4.25. The first-order valence-electron chi connectivity index (χ1n) is 6.26. The summed E-state index contributed by atoms with van der Waals surface area (Å²) in [5, 5.41) is 0.588. The Morgan fingerprint density at radius 3 is 2.70 bits per heavy atom. The lowest BCUT2D eigenvalue weighted by Gasteiger charge is -2.21. The zero-order valence-corrected chi connectivity index (χ0v) is 11.8. The molecular weight excluding hydrogens is 279 g/mol. The average Bonchev–Trinajstić information content (AvgIpc) is 2.46. The van der Waals surface area contributed by atoms with Crippen molar-refractivity contribution in [3.63, 3.8) is 0 Å². The summed E-state index contributed by atoms with van der Waals surface area (Å²) in [6.07, 6.45) is 1.32. The van der Waals surface area contributed by atoms with E-state index in [9.17, 15) is 9.18 Å². The van der Waals surface area contributed by atoms with Crippen molar-refractivity contribution in [2.45, 2.75) is 13.5 Å². The molecule has 0 unspecified atom stereocenters. The largest absolute Gasteiger partial charge is 0.334 e. The number of aromatic nitrogens is 1. The molecule has 0 saturated heterocycles. The highest BCUT2D eigenvalue weighted by Gasteiger charge is 2.19. The molecule has 2 aromatic rings. The van der Waals surface area contributed by atoms with Gasteiger partial charge in [-0.25, -0.2) is 4.98 Å². The van der Waals surface area contributed by atoms with Gasteiger partial charge in [0.25, 0.3) is 5.91 Å². The van der Waals surface area contributed by atoms with E-state index in [2.05, 4.69) is 4.98 Å². The smallest absolute Gasteiger partial charge is 0.258 e. The van der Waals surface area contributed by atoms with Gasteiger partial charge in [0.2, 0.25) is 5.95 Å². The number of amides is 1. The first-order valence-corrected chi connectivity index (χ1v) is 6.64. The van der Waals surface area contributed by atoms with E-state index in [0.717, 1.165) is 5.56 Å². The minimum absolute atomic E-state index is 0.0265. The quantitative estimate of drug-likeness (QED) is 0.808. The van der Waals surface area contributed by atoms with Crippen molar-refractivity contribution in [1.82, 2.24) is 9.88 Å². The van der Waals surface area contributed by atoms with Crippen LogP contribution in [0.15, 0.2) is 42.6 Å². The number of rotatable bonds is 4. The molecule has 0 atom stereocenters. The Morgan fingerprint density at radius 1 is 1.30 bits per heavy atom. The molecule has 1 heterocycles. The maximum atomic E-state index is 13.6. The van der Waals surface area contributed by atoms with E-state index in [4.69, 9.17) is 11.6 Å². The van der Waals surface area contributed by atoms with Crippen LogP contribution in [0.1, 0.15) is 22.8 Å². The van der Waals surface area contributed by atoms with Crippen LogP contribution in [-0.4, -0.2) is 22.3 Å². The molecule has 0 bridgehead atoms. The van der Waals surface area contributed by atoms with E-state index in [1.165, 1.54) is 17.2 Å². The second-order valence-corrected chi connectivity index (χ2v) is 4.66. The fourth-order valence-corrected chi connectivity index (χ4v) is 2.07. The summed E-state index contributed by atoms with van der Waals surface area (Å²) in [5.41, 5.74) is 0.801. The number of pyridine rings is 1. The van der Waals surface area contributed by atoms with Crippen LogP contribution in [0.3, 0.4) is 0 Å². The fourth-order valence-electron chi connectivity index (χ4n) is 1.88. The Balaban J connectivity index is 2.23. The van der Waals surface area contributed by atoms with Crippen LogP contribution in [0.5, 0.6) is 0 Å². The molecule has 0 radical (unpaired) electrons. The molecule has 0 saturated carbocycles. The van der Waals surface area contributed by atoms with Crippen LogP contribution in [0.25, 0.3) is 0 Å². The summed E-state index contributed by atoms with van der Waals surface area (Å²) in [4.78, 5) is 17.3. The highest BCUT2D eigenvalue weighted by Crippen LogP contribution is 2.18. The molecule has 5 heteroatoms. The van der Waals surface area contributed by atoms with Crippen LogP contribution < -0.4 is 0 Å². The van der Waals surface area contributed by atoms with Crippen LogP contribution >= 0.6 is 11.6 Å². The van der Waals surface area contributed by atoms with E-state index in [1.54, 1.807) is 12.1 Å². The topological polar surface area (TPSA) is 33.2 Å². The van der Waals surface area contributed by atoms with E-state index in [0.29, 0.717) is 18.1 Å². The van der Waals surface area contributed by atoms with Gasteiger partial charge in [0, 0.05) is 24.3 Å². The van der Waals surface area contributed by atoms with Gasteiger partial charge in [-0.2, -0.15) is 4.39 Å². The Hall–Kier alpha value is -1.94. The maximum Gasteiger partial charge on any atom is 0.258 e. The van der Waals surface area contributed by atoms with Gasteiger partial charge in [-0.3, -0.25) is 4.79 Å². The number of carbonyl (C=O) groups is 1. The molecular formula is C15H14ClFN2O. The third kappa shape index (κ3) is 3.14. The summed E-state index contributed by atoms with van der Waals surface area (Å²) in [7, 11) is 0. The SMILES string of the molecule is CCN(Cc1ccccc1Cl)C(=O)c1cccnc1F. The summed E-state index contributed by atoms with van der Waals surface area (Å²) in [6.45, 7) is 2.63. The van der Waals surface area contributed by atoms with Gasteiger partial charge in [-0.1, -0.05) is 29.8 Å². The Labute approximate surface area is 122 Å². The average molecular weight is 293 g/mol. The van der Waals surface area contributed by atoms with Crippen molar-refractivity contribution in [3.8, 4) is 0 Å². The first kappa shape index (κ1) is 14.5. The molecule has 3 nitrogen and oxygen atoms in total. The van der Waals surface area contributed by atoms with Crippen LogP contribution in [0.2, 0.25) is 5.02 Å². The molecule has 0 spiro atoms. The number of hydrogen-bond acceptors (Lipinski definition) is 2. The number of nitrogens with zero attached hydrogens (tertiary/aromatic N) is 2. The van der Waals surface area contributed by atoms with Crippen LogP contribution in [0, 0.1) is 5.95 Å². The van der Waals surface area contributed by atoms with Crippen molar-refractivity contribution in [3.05, 3.63) is 64.7 Å². The lowest BCUT2D eigenvalue weighted by molar-refractivity contribution is 0.0747. The van der Waals surface area contributed by atoms with Crippen molar-refractivity contribution in [2.24, 2.45) is 0 Å². The lowest BCUT2D eigenvalue weighted by atomic mass is 10.2. The third-order valence-corrected chi connectivity index (χ3v) is 3.35. The second kappa shape index (κ2) is 6.48. The van der Waals surface area contributed by atoms with Crippen molar-refractivity contribution in [2.75, 3.05) is 6.54 Å². The summed E-state index contributed by atoms with van der Waals surface area (Å²) in [6, 6.07) is 10.3. The monoisotopic (exact) mass is 292 g/mol. The van der Waals surface area contributed by atoms with E-state index < -0.39 is 11.9 Å². The van der Waals surface area contributed by atoms with Gasteiger partial charge in [-0.15, -0.1) is 0 Å². The molecule has 0 N–H and O–H groups in total. The molecule has 0 aliphatic rings. The molecule has 1 aromatic heterocycles. The standard InChI is InChI=1S/C15H14ClFN2O/c1-2-19(10-11-6-3-4-8-13(11)16)15(20)12-7-5-9-18-14(12)17/h3-9H,2,10H2,1H3. The van der Waals surface area contributed by atoms with Gasteiger partial charge in [0.15, 0.2) is 0 Å². The highest BCUT2D eigenvalue weighted by molar-refractivity contribution is 6.31. The molecule has 1 amide bonds. The van der Waals surface area contributed by atoms with Gasteiger partial charge in [-0.05, 0) is 30.7 Å². The van der Waals surface area contributed by atoms with Crippen molar-refractivity contribution in [1.29, 1.82) is 0 Å². The summed E-state index contributed by atoms with van der Waals surface area (Å²) >= 11 is 6.08. The zero-order valence-electron chi connectivity index (χ0n) is 11.0. The molecule has 0 aliphatic carbocycles. The Kier molecular flexibility index (Phi) is 4.69. The first-order chi connectivity index (χ1) is 9.63. The van der Waals surface area contributed by atoms with Gasteiger partial charge >= 0.3 is 0 Å². The predicted octanol–water partition coefficient (Wildman–Crippen LogP) is 3.54. The van der Waals surface area contributed by atoms with E-state index in [-0.39, 0.29) is 5.56 Å². The molecule has 0 fully saturated rings. The molecule has 20 heavy (non-hydrogen) atoms. The Morgan fingerprint density at radius 2 is 2.05 bits per heavy atom. The number of benzene rings is 1. The summed E-state index contributed by atoms with van der Waals surface area (Å²) in [5.74, 6) is -1.15. The fraction of sp³-hybridized carbons (Fsp3) is 0.200. The minimum Gasteiger partial charge on any atom is -0.334 e. The lowest BCUT2D eigenvalue weighted by Crippen LogP contribution is -2.31. The van der Waals surface area contributed by atoms with Gasteiger partial charge in [0.1, 0.15) is 0 Å². The number of hydrogen-bond donors (Lipinski definition) is 0. The van der Waals surface area contributed by atoms with Crippen LogP contribution in [0.4, 0.5) is 4.39 Å². The van der Waals surface area contributed by atoms with Crippen molar-refractivity contribution < 1.29 is 9.18 Å². The van der Waals surface area contributed by atoms with Gasteiger partial charge in [0.05, 0.1) is 5.56 Å². The number of halogens is 2. The van der Waals surface area contributed by atoms with Crippen molar-refractivity contribution >= 4 is 17.5 Å². The third-order valence-electron chi connectivity index (χ3n) is 2.98. The van der Waals surface area contributed by atoms with E-state index >= 15 is 0 Å². The van der Waals surface area contributed by atoms with E-state index in [1.807, 2.05) is 25.1 Å². The molecule has 0 aliphatic heterocycles. The Bertz CT molecular complexity index is 618. The molecule has 2 rings (SSSR count). The maximum absolute atomic E-state index is 13.6. The summed E-state index contributed by atoms with van der Waals surface area (Å²) < 4.78 is 13.6. The highest BCUT2D eigenvalue weighted by atomic mass is 35.5. The van der Waals surface area contributed by atoms with Gasteiger partial charge < -0.3 is 4.90 Å².